The standard InChI is InChI=1S/C21H23N3O3/c1-25-17-5-2-4-16(10-17)19-11-22-20-13-27-21(15-24(19)20)7-8-23(14-21)12-18-6-3-9-26-18/h2-6,9-11H,7-8,12-15H2,1H3/t21-/m0/s1. The second-order valence-corrected chi connectivity index (χ2v) is 7.39. The molecule has 1 atom stereocenters. The summed E-state index contributed by atoms with van der Waals surface area (Å²) in [6.07, 6.45) is 4.70. The van der Waals surface area contributed by atoms with Crippen LogP contribution in [-0.2, 0) is 24.4 Å². The molecule has 5 rings (SSSR count). The maximum absolute atomic E-state index is 6.32. The predicted molar refractivity (Wildman–Crippen MR) is 100 cm³/mol. The quantitative estimate of drug-likeness (QED) is 0.710. The second-order valence-electron chi connectivity index (χ2n) is 7.39. The molecule has 2 aliphatic heterocycles. The maximum Gasteiger partial charge on any atom is 0.135 e. The molecule has 0 radical (unpaired) electrons. The molecule has 140 valence electrons. The number of ether oxygens (including phenoxy) is 2. The summed E-state index contributed by atoms with van der Waals surface area (Å²) in [7, 11) is 1.69. The van der Waals surface area contributed by atoms with Crippen molar-refractivity contribution >= 4 is 0 Å². The number of aromatic nitrogens is 2. The van der Waals surface area contributed by atoms with E-state index in [1.807, 2.05) is 30.5 Å². The number of furan rings is 1. The van der Waals surface area contributed by atoms with Crippen molar-refractivity contribution in [1.29, 1.82) is 0 Å². The molecular weight excluding hydrogens is 342 g/mol. The molecule has 0 unspecified atom stereocenters. The van der Waals surface area contributed by atoms with Crippen molar-refractivity contribution in [3.8, 4) is 17.0 Å². The summed E-state index contributed by atoms with van der Waals surface area (Å²) in [5, 5.41) is 0. The highest BCUT2D eigenvalue weighted by molar-refractivity contribution is 5.61. The fourth-order valence-electron chi connectivity index (χ4n) is 4.20. The summed E-state index contributed by atoms with van der Waals surface area (Å²) in [6.45, 7) is 4.13. The topological polar surface area (TPSA) is 52.7 Å². The molecule has 1 saturated heterocycles. The average Bonchev–Trinajstić information content (AvgIpc) is 3.43. The van der Waals surface area contributed by atoms with Gasteiger partial charge in [-0.3, -0.25) is 4.90 Å². The van der Waals surface area contributed by atoms with E-state index in [9.17, 15) is 0 Å². The number of rotatable bonds is 4. The van der Waals surface area contributed by atoms with Gasteiger partial charge in [-0.15, -0.1) is 0 Å². The Kier molecular flexibility index (Phi) is 4.02. The van der Waals surface area contributed by atoms with Gasteiger partial charge in [0.15, 0.2) is 0 Å². The molecule has 0 aliphatic carbocycles. The Bertz CT molecular complexity index is 934. The molecule has 6 nitrogen and oxygen atoms in total. The molecule has 2 aromatic heterocycles. The lowest BCUT2D eigenvalue weighted by Crippen LogP contribution is -2.44. The van der Waals surface area contributed by atoms with E-state index < -0.39 is 0 Å². The number of imidazole rings is 1. The van der Waals surface area contributed by atoms with Gasteiger partial charge < -0.3 is 18.5 Å². The van der Waals surface area contributed by atoms with Gasteiger partial charge in [-0.2, -0.15) is 0 Å². The summed E-state index contributed by atoms with van der Waals surface area (Å²) in [5.41, 5.74) is 2.08. The van der Waals surface area contributed by atoms with E-state index in [4.69, 9.17) is 13.9 Å². The maximum atomic E-state index is 6.32. The molecule has 1 aromatic carbocycles. The molecule has 0 saturated carbocycles. The first-order valence-electron chi connectivity index (χ1n) is 9.32. The van der Waals surface area contributed by atoms with Crippen LogP contribution in [0.15, 0.2) is 53.3 Å². The van der Waals surface area contributed by atoms with Crippen molar-refractivity contribution in [2.75, 3.05) is 20.2 Å². The molecule has 1 spiro atoms. The van der Waals surface area contributed by atoms with E-state index in [-0.39, 0.29) is 5.60 Å². The number of fused-ring (bicyclic) bond motifs is 1. The molecule has 27 heavy (non-hydrogen) atoms. The Balaban J connectivity index is 1.39. The van der Waals surface area contributed by atoms with Crippen LogP contribution >= 0.6 is 0 Å². The van der Waals surface area contributed by atoms with Crippen LogP contribution < -0.4 is 4.74 Å². The van der Waals surface area contributed by atoms with Gasteiger partial charge in [-0.25, -0.2) is 4.98 Å². The first-order valence-corrected chi connectivity index (χ1v) is 9.32. The number of benzene rings is 1. The zero-order valence-corrected chi connectivity index (χ0v) is 15.4. The first-order chi connectivity index (χ1) is 13.2. The molecule has 6 heteroatoms. The minimum atomic E-state index is -0.159. The average molecular weight is 365 g/mol. The fourth-order valence-corrected chi connectivity index (χ4v) is 4.20. The second kappa shape index (κ2) is 6.55. The molecule has 0 amide bonds. The van der Waals surface area contributed by atoms with Gasteiger partial charge in [-0.1, -0.05) is 12.1 Å². The van der Waals surface area contributed by atoms with Crippen LogP contribution in [0.1, 0.15) is 18.0 Å². The number of hydrogen-bond donors (Lipinski definition) is 0. The van der Waals surface area contributed by atoms with E-state index in [1.54, 1.807) is 13.4 Å². The largest absolute Gasteiger partial charge is 0.497 e. The molecular formula is C21H23N3O3. The third-order valence-corrected chi connectivity index (χ3v) is 5.61. The Morgan fingerprint density at radius 1 is 1.22 bits per heavy atom. The SMILES string of the molecule is COc1cccc(-c2cnc3n2C[C@@]2(CCN(Cc4ccco4)C2)OC3)c1. The van der Waals surface area contributed by atoms with Gasteiger partial charge in [0.2, 0.25) is 0 Å². The highest BCUT2D eigenvalue weighted by Crippen LogP contribution is 2.36. The lowest BCUT2D eigenvalue weighted by molar-refractivity contribution is -0.0823. The van der Waals surface area contributed by atoms with Crippen molar-refractivity contribution in [1.82, 2.24) is 14.5 Å². The van der Waals surface area contributed by atoms with Crippen molar-refractivity contribution in [3.63, 3.8) is 0 Å². The Morgan fingerprint density at radius 2 is 2.19 bits per heavy atom. The van der Waals surface area contributed by atoms with E-state index in [0.717, 1.165) is 61.2 Å². The van der Waals surface area contributed by atoms with Gasteiger partial charge in [-0.05, 0) is 30.7 Å². The molecule has 4 heterocycles. The van der Waals surface area contributed by atoms with Crippen molar-refractivity contribution < 1.29 is 13.9 Å². The van der Waals surface area contributed by atoms with Gasteiger partial charge in [0.25, 0.3) is 0 Å². The number of hydrogen-bond acceptors (Lipinski definition) is 5. The van der Waals surface area contributed by atoms with Crippen LogP contribution in [0.5, 0.6) is 5.75 Å². The monoisotopic (exact) mass is 365 g/mol. The summed E-state index contributed by atoms with van der Waals surface area (Å²) in [6, 6.07) is 12.1. The number of likely N-dealkylation sites (tertiary alicyclic amines) is 1. The molecule has 0 N–H and O–H groups in total. The lowest BCUT2D eigenvalue weighted by atomic mass is 10.0. The van der Waals surface area contributed by atoms with Crippen molar-refractivity contribution in [2.24, 2.45) is 0 Å². The van der Waals surface area contributed by atoms with Gasteiger partial charge in [0.1, 0.15) is 29.5 Å². The Hall–Kier alpha value is -2.57. The van der Waals surface area contributed by atoms with Crippen LogP contribution in [-0.4, -0.2) is 40.3 Å². The highest BCUT2D eigenvalue weighted by atomic mass is 16.5. The summed E-state index contributed by atoms with van der Waals surface area (Å²) in [4.78, 5) is 7.00. The van der Waals surface area contributed by atoms with Gasteiger partial charge >= 0.3 is 0 Å². The van der Waals surface area contributed by atoms with Crippen molar-refractivity contribution in [2.45, 2.75) is 31.7 Å². The predicted octanol–water partition coefficient (Wildman–Crippen LogP) is 3.33. The molecule has 2 aliphatic rings. The zero-order chi connectivity index (χ0) is 18.3. The summed E-state index contributed by atoms with van der Waals surface area (Å²) in [5.74, 6) is 2.85. The fraction of sp³-hybridized carbons (Fsp3) is 0.381. The molecule has 0 bridgehead atoms. The van der Waals surface area contributed by atoms with E-state index in [1.165, 1.54) is 0 Å². The van der Waals surface area contributed by atoms with Gasteiger partial charge in [0, 0.05) is 18.7 Å². The first kappa shape index (κ1) is 16.6. The van der Waals surface area contributed by atoms with E-state index >= 15 is 0 Å². The zero-order valence-electron chi connectivity index (χ0n) is 15.4. The third kappa shape index (κ3) is 3.05. The van der Waals surface area contributed by atoms with Crippen LogP contribution in [0, 0.1) is 0 Å². The van der Waals surface area contributed by atoms with Crippen LogP contribution in [0.3, 0.4) is 0 Å². The third-order valence-electron chi connectivity index (χ3n) is 5.61. The van der Waals surface area contributed by atoms with Crippen LogP contribution in [0.4, 0.5) is 0 Å². The lowest BCUT2D eigenvalue weighted by Gasteiger charge is -2.35. The van der Waals surface area contributed by atoms with Crippen LogP contribution in [0.25, 0.3) is 11.3 Å². The number of methoxy groups -OCH3 is 1. The summed E-state index contributed by atoms with van der Waals surface area (Å²) < 4.78 is 19.5. The minimum Gasteiger partial charge on any atom is -0.497 e. The van der Waals surface area contributed by atoms with Crippen LogP contribution in [0.2, 0.25) is 0 Å². The van der Waals surface area contributed by atoms with Gasteiger partial charge in [0.05, 0.1) is 38.4 Å². The van der Waals surface area contributed by atoms with E-state index in [0.29, 0.717) is 6.61 Å². The Labute approximate surface area is 158 Å². The number of nitrogens with zero attached hydrogens (tertiary/aromatic N) is 3. The Morgan fingerprint density at radius 3 is 3.04 bits per heavy atom. The summed E-state index contributed by atoms with van der Waals surface area (Å²) >= 11 is 0. The highest BCUT2D eigenvalue weighted by Gasteiger charge is 2.43. The molecule has 1 fully saturated rings. The van der Waals surface area contributed by atoms with Crippen molar-refractivity contribution in [3.05, 3.63) is 60.4 Å². The normalized spacial score (nSPS) is 22.3. The molecule has 3 aromatic rings. The van der Waals surface area contributed by atoms with E-state index in [2.05, 4.69) is 26.6 Å². The minimum absolute atomic E-state index is 0.159. The smallest absolute Gasteiger partial charge is 0.135 e.